The number of sulfonamides is 1. The lowest BCUT2D eigenvalue weighted by molar-refractivity contribution is -0.139. The van der Waals surface area contributed by atoms with E-state index in [0.29, 0.717) is 43.8 Å². The summed E-state index contributed by atoms with van der Waals surface area (Å²) in [6, 6.07) is 7.53. The summed E-state index contributed by atoms with van der Waals surface area (Å²) in [5.74, 6) is 0.239. The quantitative estimate of drug-likeness (QED) is 0.683. The second-order valence-corrected chi connectivity index (χ2v) is 9.99. The molecule has 152 valence electrons. The molecule has 1 amide bonds. The molecule has 5 nitrogen and oxygen atoms in total. The molecule has 0 radical (unpaired) electrons. The molecule has 1 aromatic rings. The third-order valence-corrected chi connectivity index (χ3v) is 8.24. The average Bonchev–Trinajstić information content (AvgIpc) is 2.70. The number of carbonyl (C=O) groups excluding carboxylic acids is 1. The summed E-state index contributed by atoms with van der Waals surface area (Å²) in [5.41, 5.74) is 0.438. The van der Waals surface area contributed by atoms with Gasteiger partial charge in [-0.25, -0.2) is 12.7 Å². The van der Waals surface area contributed by atoms with E-state index >= 15 is 0 Å². The average molecular weight is 415 g/mol. The molecule has 0 aliphatic carbocycles. The van der Waals surface area contributed by atoms with Gasteiger partial charge in [0.25, 0.3) is 0 Å². The van der Waals surface area contributed by atoms with Crippen LogP contribution in [0.3, 0.4) is 0 Å². The van der Waals surface area contributed by atoms with Crippen molar-refractivity contribution in [3.05, 3.63) is 34.9 Å². The van der Waals surface area contributed by atoms with Gasteiger partial charge in [-0.15, -0.1) is 0 Å². The summed E-state index contributed by atoms with van der Waals surface area (Å²) >= 11 is 6.02. The fourth-order valence-corrected chi connectivity index (χ4v) is 5.22. The van der Waals surface area contributed by atoms with Crippen LogP contribution in [-0.4, -0.2) is 55.5 Å². The number of rotatable bonds is 7. The Morgan fingerprint density at radius 2 is 1.67 bits per heavy atom. The molecule has 0 unspecified atom stereocenters. The van der Waals surface area contributed by atoms with Crippen LogP contribution in [0, 0.1) is 0 Å². The third kappa shape index (κ3) is 4.49. The third-order valence-electron chi connectivity index (χ3n) is 6.08. The highest BCUT2D eigenvalue weighted by molar-refractivity contribution is 7.89. The molecule has 27 heavy (non-hydrogen) atoms. The number of benzene rings is 1. The summed E-state index contributed by atoms with van der Waals surface area (Å²) in [6.07, 6.45) is 2.78. The Hall–Kier alpha value is -1.11. The highest BCUT2D eigenvalue weighted by Crippen LogP contribution is 2.35. The van der Waals surface area contributed by atoms with Gasteiger partial charge in [0.2, 0.25) is 15.9 Å². The van der Waals surface area contributed by atoms with Gasteiger partial charge < -0.3 is 4.90 Å². The number of hydrogen-bond acceptors (Lipinski definition) is 3. The molecule has 0 spiro atoms. The number of hydrogen-bond donors (Lipinski definition) is 0. The minimum atomic E-state index is -3.20. The van der Waals surface area contributed by atoms with Crippen LogP contribution in [0.15, 0.2) is 24.3 Å². The first-order valence-corrected chi connectivity index (χ1v) is 11.7. The predicted molar refractivity (Wildman–Crippen MR) is 111 cm³/mol. The van der Waals surface area contributed by atoms with E-state index < -0.39 is 15.4 Å². The fourth-order valence-electron chi connectivity index (χ4n) is 4.02. The predicted octanol–water partition coefficient (Wildman–Crippen LogP) is 3.67. The zero-order valence-corrected chi connectivity index (χ0v) is 18.3. The van der Waals surface area contributed by atoms with E-state index in [1.807, 2.05) is 43.0 Å². The van der Waals surface area contributed by atoms with Crippen molar-refractivity contribution in [1.29, 1.82) is 0 Å². The highest BCUT2D eigenvalue weighted by atomic mass is 35.5. The normalized spacial score (nSPS) is 16.7. The number of likely N-dealkylation sites (tertiary alicyclic amines) is 1. The van der Waals surface area contributed by atoms with E-state index in [-0.39, 0.29) is 17.7 Å². The summed E-state index contributed by atoms with van der Waals surface area (Å²) in [7, 11) is -1.55. The Labute approximate surface area is 168 Å². The summed E-state index contributed by atoms with van der Waals surface area (Å²) in [6.45, 7) is 6.92. The molecule has 0 bridgehead atoms. The molecule has 1 aliphatic rings. The van der Waals surface area contributed by atoms with Crippen molar-refractivity contribution in [1.82, 2.24) is 9.21 Å². The van der Waals surface area contributed by atoms with Gasteiger partial charge in [-0.05, 0) is 50.3 Å². The van der Waals surface area contributed by atoms with Crippen LogP contribution in [0.25, 0.3) is 0 Å². The van der Waals surface area contributed by atoms with E-state index in [1.165, 1.54) is 4.31 Å². The van der Waals surface area contributed by atoms with Gasteiger partial charge in [0.15, 0.2) is 0 Å². The lowest BCUT2D eigenvalue weighted by Crippen LogP contribution is -2.52. The molecule has 0 atom stereocenters. The molecule has 1 saturated heterocycles. The van der Waals surface area contributed by atoms with Gasteiger partial charge in [0.1, 0.15) is 0 Å². The van der Waals surface area contributed by atoms with Crippen LogP contribution in [-0.2, 0) is 20.2 Å². The molecule has 0 aromatic heterocycles. The van der Waals surface area contributed by atoms with Crippen LogP contribution >= 0.6 is 11.6 Å². The molecule has 0 saturated carbocycles. The molecule has 1 fully saturated rings. The summed E-state index contributed by atoms with van der Waals surface area (Å²) in [4.78, 5) is 15.4. The highest BCUT2D eigenvalue weighted by Gasteiger charge is 2.41. The van der Waals surface area contributed by atoms with Crippen LogP contribution in [0.2, 0.25) is 5.02 Å². The minimum Gasteiger partial charge on any atom is -0.342 e. The number of piperidine rings is 1. The smallest absolute Gasteiger partial charge is 0.233 e. The van der Waals surface area contributed by atoms with Crippen LogP contribution in [0.1, 0.15) is 52.0 Å². The second kappa shape index (κ2) is 8.93. The molecule has 1 aromatic carbocycles. The van der Waals surface area contributed by atoms with E-state index in [1.54, 1.807) is 14.0 Å². The molecular weight excluding hydrogens is 384 g/mol. The lowest BCUT2D eigenvalue weighted by Gasteiger charge is -2.41. The standard InChI is InChI=1S/C20H31ClN2O3S/c1-5-20(6-2,16-8-10-17(21)11-9-16)19(24)23-14-12-18(13-15-23)22(4)27(25,26)7-3/h8-11,18H,5-7,12-15H2,1-4H3. The maximum absolute atomic E-state index is 13.5. The van der Waals surface area contributed by atoms with Gasteiger partial charge in [-0.1, -0.05) is 37.6 Å². The van der Waals surface area contributed by atoms with Crippen LogP contribution in [0.4, 0.5) is 0 Å². The largest absolute Gasteiger partial charge is 0.342 e. The lowest BCUT2D eigenvalue weighted by atomic mass is 9.74. The molecule has 1 aliphatic heterocycles. The topological polar surface area (TPSA) is 57.7 Å². The Morgan fingerprint density at radius 3 is 2.11 bits per heavy atom. The van der Waals surface area contributed by atoms with E-state index in [9.17, 15) is 13.2 Å². The van der Waals surface area contributed by atoms with Crippen molar-refractivity contribution >= 4 is 27.5 Å². The molecule has 1 heterocycles. The van der Waals surface area contributed by atoms with E-state index in [4.69, 9.17) is 11.6 Å². The number of carbonyl (C=O) groups is 1. The van der Waals surface area contributed by atoms with Crippen LogP contribution in [0.5, 0.6) is 0 Å². The Kier molecular flexibility index (Phi) is 7.33. The van der Waals surface area contributed by atoms with Crippen molar-refractivity contribution in [2.24, 2.45) is 0 Å². The maximum Gasteiger partial charge on any atom is 0.233 e. The van der Waals surface area contributed by atoms with Crippen molar-refractivity contribution in [2.45, 2.75) is 57.9 Å². The second-order valence-electron chi connectivity index (χ2n) is 7.24. The first-order valence-electron chi connectivity index (χ1n) is 9.73. The Balaban J connectivity index is 2.16. The zero-order chi connectivity index (χ0) is 20.2. The van der Waals surface area contributed by atoms with Gasteiger partial charge in [-0.2, -0.15) is 0 Å². The molecular formula is C20H31ClN2O3S. The summed E-state index contributed by atoms with van der Waals surface area (Å²) in [5, 5.41) is 0.660. The van der Waals surface area contributed by atoms with Gasteiger partial charge >= 0.3 is 0 Å². The van der Waals surface area contributed by atoms with E-state index in [2.05, 4.69) is 0 Å². The monoisotopic (exact) mass is 414 g/mol. The Morgan fingerprint density at radius 1 is 1.15 bits per heavy atom. The van der Waals surface area contributed by atoms with Gasteiger partial charge in [0.05, 0.1) is 11.2 Å². The molecule has 2 rings (SSSR count). The fraction of sp³-hybridized carbons (Fsp3) is 0.650. The van der Waals surface area contributed by atoms with Crippen LogP contribution < -0.4 is 0 Å². The van der Waals surface area contributed by atoms with Gasteiger partial charge in [0, 0.05) is 31.2 Å². The number of amides is 1. The zero-order valence-electron chi connectivity index (χ0n) is 16.7. The Bertz CT molecular complexity index is 737. The van der Waals surface area contributed by atoms with Crippen molar-refractivity contribution in [3.8, 4) is 0 Å². The summed E-state index contributed by atoms with van der Waals surface area (Å²) < 4.78 is 25.7. The SMILES string of the molecule is CCC(CC)(C(=O)N1CCC(N(C)S(=O)(=O)CC)CC1)c1ccc(Cl)cc1. The van der Waals surface area contributed by atoms with Crippen molar-refractivity contribution in [2.75, 3.05) is 25.9 Å². The molecule has 7 heteroatoms. The first-order chi connectivity index (χ1) is 12.7. The van der Waals surface area contributed by atoms with Gasteiger partial charge in [-0.3, -0.25) is 4.79 Å². The van der Waals surface area contributed by atoms with Crippen molar-refractivity contribution in [3.63, 3.8) is 0 Å². The molecule has 0 N–H and O–H groups in total. The number of halogens is 1. The number of nitrogens with zero attached hydrogens (tertiary/aromatic N) is 2. The minimum absolute atomic E-state index is 0.0350. The first kappa shape index (κ1) is 22.2. The van der Waals surface area contributed by atoms with E-state index in [0.717, 1.165) is 5.56 Å². The maximum atomic E-state index is 13.5. The van der Waals surface area contributed by atoms with Crippen molar-refractivity contribution < 1.29 is 13.2 Å².